The van der Waals surface area contributed by atoms with E-state index in [0.717, 1.165) is 6.42 Å². The third kappa shape index (κ3) is 4.40. The first-order valence-electron chi connectivity index (χ1n) is 5.70. The van der Waals surface area contributed by atoms with Crippen molar-refractivity contribution in [2.45, 2.75) is 13.3 Å². The Morgan fingerprint density at radius 1 is 1.58 bits per heavy atom. The van der Waals surface area contributed by atoms with Crippen molar-refractivity contribution < 1.29 is 10.0 Å². The number of carbonyl (C=O) groups is 1. The van der Waals surface area contributed by atoms with Crippen molar-refractivity contribution in [1.29, 1.82) is 0 Å². The van der Waals surface area contributed by atoms with Gasteiger partial charge in [-0.3, -0.25) is 4.79 Å². The van der Waals surface area contributed by atoms with Crippen LogP contribution in [0.25, 0.3) is 0 Å². The Balaban J connectivity index is 3.01. The maximum atomic E-state index is 12.4. The SMILES string of the molecule is CCCN(C/C(N)=N/O)C(=O)c1cc(Cl)ccc1Br. The number of oxime groups is 1. The summed E-state index contributed by atoms with van der Waals surface area (Å²) in [6.07, 6.45) is 0.767. The lowest BCUT2D eigenvalue weighted by atomic mass is 10.2. The Morgan fingerprint density at radius 2 is 2.26 bits per heavy atom. The summed E-state index contributed by atoms with van der Waals surface area (Å²) < 4.78 is 0.655. The number of carbonyl (C=O) groups excluding carboxylic acids is 1. The molecule has 0 aliphatic carbocycles. The molecule has 0 atom stereocenters. The van der Waals surface area contributed by atoms with E-state index in [9.17, 15) is 4.79 Å². The molecule has 1 aromatic carbocycles. The predicted molar refractivity (Wildman–Crippen MR) is 78.8 cm³/mol. The van der Waals surface area contributed by atoms with Crippen LogP contribution in [0.1, 0.15) is 23.7 Å². The largest absolute Gasteiger partial charge is 0.409 e. The van der Waals surface area contributed by atoms with Crippen molar-refractivity contribution in [2.75, 3.05) is 13.1 Å². The molecule has 1 rings (SSSR count). The van der Waals surface area contributed by atoms with Crippen molar-refractivity contribution in [3.05, 3.63) is 33.3 Å². The molecule has 104 valence electrons. The van der Waals surface area contributed by atoms with Crippen LogP contribution in [0.3, 0.4) is 0 Å². The molecule has 0 aliphatic rings. The first kappa shape index (κ1) is 15.8. The van der Waals surface area contributed by atoms with E-state index in [0.29, 0.717) is 21.6 Å². The van der Waals surface area contributed by atoms with Gasteiger partial charge in [-0.25, -0.2) is 0 Å². The highest BCUT2D eigenvalue weighted by atomic mass is 79.9. The second kappa shape index (κ2) is 7.35. The van der Waals surface area contributed by atoms with Gasteiger partial charge in [0.05, 0.1) is 12.1 Å². The zero-order valence-corrected chi connectivity index (χ0v) is 12.8. The van der Waals surface area contributed by atoms with E-state index in [1.807, 2.05) is 6.92 Å². The number of benzene rings is 1. The molecule has 3 N–H and O–H groups in total. The minimum atomic E-state index is -0.220. The van der Waals surface area contributed by atoms with E-state index in [1.54, 1.807) is 18.2 Å². The average molecular weight is 349 g/mol. The Kier molecular flexibility index (Phi) is 6.11. The molecular formula is C12H15BrClN3O2. The number of nitrogens with two attached hydrogens (primary N) is 1. The quantitative estimate of drug-likeness (QED) is 0.372. The van der Waals surface area contributed by atoms with E-state index in [1.165, 1.54) is 4.90 Å². The molecule has 7 heteroatoms. The Hall–Kier alpha value is -1.27. The van der Waals surface area contributed by atoms with Crippen molar-refractivity contribution in [3.8, 4) is 0 Å². The third-order valence-corrected chi connectivity index (χ3v) is 3.35. The molecule has 0 aromatic heterocycles. The molecule has 0 saturated heterocycles. The van der Waals surface area contributed by atoms with Crippen LogP contribution in [0.5, 0.6) is 0 Å². The van der Waals surface area contributed by atoms with Crippen LogP contribution in [0, 0.1) is 0 Å². The minimum Gasteiger partial charge on any atom is -0.409 e. The van der Waals surface area contributed by atoms with Crippen molar-refractivity contribution in [3.63, 3.8) is 0 Å². The number of nitrogens with zero attached hydrogens (tertiary/aromatic N) is 2. The van der Waals surface area contributed by atoms with Gasteiger partial charge in [0.1, 0.15) is 0 Å². The lowest BCUT2D eigenvalue weighted by Gasteiger charge is -2.22. The molecule has 19 heavy (non-hydrogen) atoms. The van der Waals surface area contributed by atoms with Gasteiger partial charge in [0.2, 0.25) is 0 Å². The highest BCUT2D eigenvalue weighted by molar-refractivity contribution is 9.10. The van der Waals surface area contributed by atoms with E-state index < -0.39 is 0 Å². The minimum absolute atomic E-state index is 0.0139. The van der Waals surface area contributed by atoms with Crippen LogP contribution in [-0.4, -0.2) is 34.9 Å². The molecular weight excluding hydrogens is 334 g/mol. The smallest absolute Gasteiger partial charge is 0.255 e. The number of rotatable bonds is 5. The first-order valence-corrected chi connectivity index (χ1v) is 6.87. The summed E-state index contributed by atoms with van der Waals surface area (Å²) >= 11 is 9.21. The van der Waals surface area contributed by atoms with Gasteiger partial charge in [-0.2, -0.15) is 0 Å². The number of hydrogen-bond acceptors (Lipinski definition) is 3. The normalized spacial score (nSPS) is 11.4. The summed E-state index contributed by atoms with van der Waals surface area (Å²) in [4.78, 5) is 13.9. The summed E-state index contributed by atoms with van der Waals surface area (Å²) in [5.74, 6) is -0.234. The fraction of sp³-hybridized carbons (Fsp3) is 0.333. The second-order valence-corrected chi connectivity index (χ2v) is 5.23. The lowest BCUT2D eigenvalue weighted by molar-refractivity contribution is 0.0777. The Bertz CT molecular complexity index is 494. The first-order chi connectivity index (χ1) is 8.99. The summed E-state index contributed by atoms with van der Waals surface area (Å²) in [5, 5.41) is 12.0. The maximum Gasteiger partial charge on any atom is 0.255 e. The zero-order chi connectivity index (χ0) is 14.4. The standard InChI is InChI=1S/C12H15BrClN3O2/c1-2-5-17(7-11(15)16-19)12(18)9-6-8(14)3-4-10(9)13/h3-4,6,19H,2,5,7H2,1H3,(H2,15,16). The predicted octanol–water partition coefficient (Wildman–Crippen LogP) is 2.70. The van der Waals surface area contributed by atoms with Gasteiger partial charge in [0.25, 0.3) is 5.91 Å². The molecule has 0 saturated carbocycles. The Labute approximate surface area is 125 Å². The van der Waals surface area contributed by atoms with E-state index >= 15 is 0 Å². The van der Waals surface area contributed by atoms with Gasteiger partial charge in [0.15, 0.2) is 5.84 Å². The van der Waals surface area contributed by atoms with Gasteiger partial charge in [-0.05, 0) is 40.5 Å². The monoisotopic (exact) mass is 347 g/mol. The summed E-state index contributed by atoms with van der Waals surface area (Å²) in [5.41, 5.74) is 5.91. The van der Waals surface area contributed by atoms with Gasteiger partial charge in [-0.15, -0.1) is 0 Å². The molecule has 0 heterocycles. The van der Waals surface area contributed by atoms with Crippen molar-refractivity contribution in [2.24, 2.45) is 10.9 Å². The molecule has 0 spiro atoms. The van der Waals surface area contributed by atoms with Gasteiger partial charge >= 0.3 is 0 Å². The van der Waals surface area contributed by atoms with E-state index in [4.69, 9.17) is 22.5 Å². The topological polar surface area (TPSA) is 78.9 Å². The number of amidine groups is 1. The number of hydrogen-bond donors (Lipinski definition) is 2. The van der Waals surface area contributed by atoms with Crippen LogP contribution < -0.4 is 5.73 Å². The molecule has 0 radical (unpaired) electrons. The molecule has 5 nitrogen and oxygen atoms in total. The molecule has 1 amide bonds. The van der Waals surface area contributed by atoms with Crippen LogP contribution in [-0.2, 0) is 0 Å². The molecule has 0 unspecified atom stereocenters. The maximum absolute atomic E-state index is 12.4. The number of halogens is 2. The van der Waals surface area contributed by atoms with E-state index in [-0.39, 0.29) is 18.3 Å². The van der Waals surface area contributed by atoms with Crippen LogP contribution in [0.4, 0.5) is 0 Å². The van der Waals surface area contributed by atoms with Gasteiger partial charge in [0, 0.05) is 16.0 Å². The van der Waals surface area contributed by atoms with Gasteiger partial charge < -0.3 is 15.8 Å². The fourth-order valence-electron chi connectivity index (χ4n) is 1.58. The lowest BCUT2D eigenvalue weighted by Crippen LogP contribution is -2.39. The highest BCUT2D eigenvalue weighted by Gasteiger charge is 2.19. The summed E-state index contributed by atoms with van der Waals surface area (Å²) in [6.45, 7) is 2.52. The molecule has 0 bridgehead atoms. The highest BCUT2D eigenvalue weighted by Crippen LogP contribution is 2.22. The summed E-state index contributed by atoms with van der Waals surface area (Å²) in [7, 11) is 0. The Morgan fingerprint density at radius 3 is 2.84 bits per heavy atom. The molecule has 0 fully saturated rings. The second-order valence-electron chi connectivity index (χ2n) is 3.94. The van der Waals surface area contributed by atoms with Crippen LogP contribution >= 0.6 is 27.5 Å². The van der Waals surface area contributed by atoms with E-state index in [2.05, 4.69) is 21.1 Å². The summed E-state index contributed by atoms with van der Waals surface area (Å²) in [6, 6.07) is 4.99. The molecule has 1 aromatic rings. The third-order valence-electron chi connectivity index (χ3n) is 2.42. The van der Waals surface area contributed by atoms with Crippen molar-refractivity contribution in [1.82, 2.24) is 4.90 Å². The zero-order valence-electron chi connectivity index (χ0n) is 10.4. The number of amides is 1. The fourth-order valence-corrected chi connectivity index (χ4v) is 2.17. The van der Waals surface area contributed by atoms with Gasteiger partial charge in [-0.1, -0.05) is 23.7 Å². The molecule has 0 aliphatic heterocycles. The van der Waals surface area contributed by atoms with Crippen molar-refractivity contribution >= 4 is 39.3 Å². The van der Waals surface area contributed by atoms with Crippen LogP contribution in [0.2, 0.25) is 5.02 Å². The average Bonchev–Trinajstić information content (AvgIpc) is 2.40. The van der Waals surface area contributed by atoms with Crippen LogP contribution in [0.15, 0.2) is 27.8 Å².